The normalized spacial score (nSPS) is 26.0. The number of nitrogens with zero attached hydrogens (tertiary/aromatic N) is 1. The maximum absolute atomic E-state index is 12.4. The minimum Gasteiger partial charge on any atom is -0.355 e. The Hall–Kier alpha value is -1.15. The fourth-order valence-corrected chi connectivity index (χ4v) is 5.00. The van der Waals surface area contributed by atoms with Crippen LogP contribution in [-0.4, -0.2) is 55.5 Å². The molecule has 8 heteroatoms. The summed E-state index contributed by atoms with van der Waals surface area (Å²) in [5.41, 5.74) is 0. The van der Waals surface area contributed by atoms with E-state index in [9.17, 15) is 18.0 Å². The van der Waals surface area contributed by atoms with Crippen LogP contribution in [0.25, 0.3) is 0 Å². The molecular weight excluding hydrogens is 318 g/mol. The maximum Gasteiger partial charge on any atom is 0.238 e. The Balaban J connectivity index is 1.86. The minimum atomic E-state index is -3.36. The van der Waals surface area contributed by atoms with Crippen molar-refractivity contribution < 1.29 is 18.0 Å². The molecule has 0 aromatic rings. The van der Waals surface area contributed by atoms with Gasteiger partial charge in [-0.1, -0.05) is 13.3 Å². The smallest absolute Gasteiger partial charge is 0.238 e. The average Bonchev–Trinajstić information content (AvgIpc) is 2.92. The fourth-order valence-electron chi connectivity index (χ4n) is 3.26. The van der Waals surface area contributed by atoms with Crippen LogP contribution >= 0.6 is 0 Å². The number of piperidine rings is 1. The van der Waals surface area contributed by atoms with Gasteiger partial charge in [0.1, 0.15) is 6.04 Å². The van der Waals surface area contributed by atoms with Crippen molar-refractivity contribution in [3.8, 4) is 0 Å². The Labute approximate surface area is 138 Å². The quantitative estimate of drug-likeness (QED) is 0.697. The van der Waals surface area contributed by atoms with Crippen LogP contribution < -0.4 is 10.6 Å². The van der Waals surface area contributed by atoms with Gasteiger partial charge in [-0.25, -0.2) is 8.42 Å². The Morgan fingerprint density at radius 2 is 2.13 bits per heavy atom. The molecule has 2 saturated heterocycles. The van der Waals surface area contributed by atoms with Crippen LogP contribution in [0.2, 0.25) is 0 Å². The summed E-state index contributed by atoms with van der Waals surface area (Å²) in [6, 6.07) is -0.465. The van der Waals surface area contributed by atoms with E-state index in [0.29, 0.717) is 38.8 Å². The molecule has 0 bridgehead atoms. The van der Waals surface area contributed by atoms with Gasteiger partial charge >= 0.3 is 0 Å². The lowest BCUT2D eigenvalue weighted by Crippen LogP contribution is -2.52. The third-order valence-corrected chi connectivity index (χ3v) is 6.53. The molecule has 0 unspecified atom stereocenters. The van der Waals surface area contributed by atoms with Gasteiger partial charge in [0.25, 0.3) is 0 Å². The Morgan fingerprint density at radius 1 is 1.35 bits per heavy atom. The van der Waals surface area contributed by atoms with E-state index in [1.807, 2.05) is 6.92 Å². The van der Waals surface area contributed by atoms with Crippen LogP contribution in [0.1, 0.15) is 51.9 Å². The van der Waals surface area contributed by atoms with Gasteiger partial charge in [0, 0.05) is 25.6 Å². The van der Waals surface area contributed by atoms with Crippen LogP contribution in [0.4, 0.5) is 0 Å². The van der Waals surface area contributed by atoms with Crippen molar-refractivity contribution >= 4 is 21.8 Å². The zero-order valence-corrected chi connectivity index (χ0v) is 14.5. The van der Waals surface area contributed by atoms with Crippen LogP contribution in [0.5, 0.6) is 0 Å². The van der Waals surface area contributed by atoms with Crippen LogP contribution in [0, 0.1) is 0 Å². The lowest BCUT2D eigenvalue weighted by Gasteiger charge is -2.33. The third-order valence-electron chi connectivity index (χ3n) is 4.45. The monoisotopic (exact) mass is 345 g/mol. The first-order valence-electron chi connectivity index (χ1n) is 8.50. The lowest BCUT2D eigenvalue weighted by atomic mass is 10.0. The van der Waals surface area contributed by atoms with Gasteiger partial charge in [0.15, 0.2) is 0 Å². The van der Waals surface area contributed by atoms with Gasteiger partial charge in [0.2, 0.25) is 21.8 Å². The summed E-state index contributed by atoms with van der Waals surface area (Å²) in [6.07, 6.45) is 4.84. The molecule has 2 heterocycles. The van der Waals surface area contributed by atoms with Crippen LogP contribution in [0.3, 0.4) is 0 Å². The molecule has 0 spiro atoms. The predicted octanol–water partition coefficient (Wildman–Crippen LogP) is 0.366. The van der Waals surface area contributed by atoms with Crippen LogP contribution in [-0.2, 0) is 19.6 Å². The van der Waals surface area contributed by atoms with Crippen molar-refractivity contribution in [2.45, 2.75) is 64.0 Å². The highest BCUT2D eigenvalue weighted by molar-refractivity contribution is 7.89. The summed E-state index contributed by atoms with van der Waals surface area (Å²) < 4.78 is 26.0. The van der Waals surface area contributed by atoms with Crippen molar-refractivity contribution in [1.82, 2.24) is 14.9 Å². The third kappa shape index (κ3) is 4.91. The molecule has 2 aliphatic heterocycles. The first-order chi connectivity index (χ1) is 10.9. The second-order valence-corrected chi connectivity index (χ2v) is 8.36. The molecule has 7 nitrogen and oxygen atoms in total. The summed E-state index contributed by atoms with van der Waals surface area (Å²) in [6.45, 7) is 2.72. The number of hydrogen-bond acceptors (Lipinski definition) is 4. The second kappa shape index (κ2) is 8.10. The molecular formula is C15H27N3O4S. The van der Waals surface area contributed by atoms with E-state index in [1.165, 1.54) is 4.31 Å². The molecule has 0 aromatic heterocycles. The van der Waals surface area contributed by atoms with Crippen molar-refractivity contribution in [2.75, 3.05) is 18.8 Å². The highest BCUT2D eigenvalue weighted by atomic mass is 32.2. The molecule has 2 atom stereocenters. The summed E-state index contributed by atoms with van der Waals surface area (Å²) in [7, 11) is -3.36. The molecule has 2 rings (SSSR count). The van der Waals surface area contributed by atoms with Crippen molar-refractivity contribution in [3.05, 3.63) is 0 Å². The SMILES string of the molecule is CCCS(=O)(=O)N1CCCC[C@@H]1C(=O)NCC[C@H]1CCC(=O)N1. The number of nitrogens with one attached hydrogen (secondary N) is 2. The van der Waals surface area contributed by atoms with Gasteiger partial charge in [0.05, 0.1) is 5.75 Å². The van der Waals surface area contributed by atoms with Gasteiger partial charge in [-0.2, -0.15) is 4.31 Å². The average molecular weight is 345 g/mol. The van der Waals surface area contributed by atoms with E-state index in [1.54, 1.807) is 0 Å². The van der Waals surface area contributed by atoms with E-state index in [4.69, 9.17) is 0 Å². The fraction of sp³-hybridized carbons (Fsp3) is 0.867. The molecule has 2 N–H and O–H groups in total. The Morgan fingerprint density at radius 3 is 2.78 bits per heavy atom. The van der Waals surface area contributed by atoms with E-state index in [-0.39, 0.29) is 23.6 Å². The summed E-state index contributed by atoms with van der Waals surface area (Å²) in [5, 5.41) is 5.70. The number of rotatable bonds is 7. The number of carbonyl (C=O) groups excluding carboxylic acids is 2. The molecule has 2 fully saturated rings. The van der Waals surface area contributed by atoms with E-state index in [0.717, 1.165) is 19.3 Å². The van der Waals surface area contributed by atoms with Crippen molar-refractivity contribution in [2.24, 2.45) is 0 Å². The van der Waals surface area contributed by atoms with Crippen molar-refractivity contribution in [3.63, 3.8) is 0 Å². The first kappa shape index (κ1) is 18.2. The molecule has 0 aliphatic carbocycles. The first-order valence-corrected chi connectivity index (χ1v) is 10.1. The highest BCUT2D eigenvalue weighted by Gasteiger charge is 2.36. The number of hydrogen-bond donors (Lipinski definition) is 2. The highest BCUT2D eigenvalue weighted by Crippen LogP contribution is 2.21. The summed E-state index contributed by atoms with van der Waals surface area (Å²) >= 11 is 0. The van der Waals surface area contributed by atoms with Gasteiger partial charge in [-0.15, -0.1) is 0 Å². The zero-order valence-electron chi connectivity index (χ0n) is 13.7. The topological polar surface area (TPSA) is 95.6 Å². The molecule has 0 aromatic carbocycles. The van der Waals surface area contributed by atoms with E-state index in [2.05, 4.69) is 10.6 Å². The van der Waals surface area contributed by atoms with Gasteiger partial charge < -0.3 is 10.6 Å². The molecule has 2 aliphatic rings. The summed E-state index contributed by atoms with van der Waals surface area (Å²) in [5.74, 6) is -0.0654. The minimum absolute atomic E-state index is 0.0606. The standard InChI is InChI=1S/C15H27N3O4S/c1-2-11-23(21,22)18-10-4-3-5-13(18)15(20)16-9-8-12-6-7-14(19)17-12/h12-13H,2-11H2,1H3,(H,16,20)(H,17,19)/t12-,13-/m1/s1. The summed E-state index contributed by atoms with van der Waals surface area (Å²) in [4.78, 5) is 23.5. The number of amides is 2. The van der Waals surface area contributed by atoms with Gasteiger partial charge in [-0.05, 0) is 32.1 Å². The molecule has 0 saturated carbocycles. The maximum atomic E-state index is 12.4. The van der Waals surface area contributed by atoms with E-state index < -0.39 is 16.1 Å². The van der Waals surface area contributed by atoms with Crippen LogP contribution in [0.15, 0.2) is 0 Å². The zero-order chi connectivity index (χ0) is 16.9. The number of carbonyl (C=O) groups is 2. The molecule has 23 heavy (non-hydrogen) atoms. The second-order valence-electron chi connectivity index (χ2n) is 6.32. The lowest BCUT2D eigenvalue weighted by molar-refractivity contribution is -0.125. The number of sulfonamides is 1. The predicted molar refractivity (Wildman–Crippen MR) is 87.2 cm³/mol. The molecule has 0 radical (unpaired) electrons. The largest absolute Gasteiger partial charge is 0.355 e. The van der Waals surface area contributed by atoms with Gasteiger partial charge in [-0.3, -0.25) is 9.59 Å². The van der Waals surface area contributed by atoms with E-state index >= 15 is 0 Å². The Bertz CT molecular complexity index is 535. The molecule has 2 amide bonds. The Kier molecular flexibility index (Phi) is 6.41. The molecule has 132 valence electrons. The van der Waals surface area contributed by atoms with Crippen molar-refractivity contribution in [1.29, 1.82) is 0 Å².